The first kappa shape index (κ1) is 20.5. The van der Waals surface area contributed by atoms with Gasteiger partial charge < -0.3 is 20.3 Å². The summed E-state index contributed by atoms with van der Waals surface area (Å²) in [6.07, 6.45) is 1.19. The fourth-order valence-corrected chi connectivity index (χ4v) is 1.95. The largest absolute Gasteiger partial charge is 0.444 e. The second-order valence-corrected chi connectivity index (χ2v) is 6.68. The Hall–Kier alpha value is -1.46. The van der Waals surface area contributed by atoms with Crippen molar-refractivity contribution in [3.8, 4) is 0 Å². The van der Waals surface area contributed by atoms with Crippen LogP contribution in [0.15, 0.2) is 4.99 Å². The van der Waals surface area contributed by atoms with Crippen molar-refractivity contribution < 1.29 is 9.53 Å². The lowest BCUT2D eigenvalue weighted by molar-refractivity contribution is 0.0452. The standard InChI is InChI=1S/C16H34N4O2/c1-9-16(10-2,19-14(21)22-15(4,5)6)12-18-13(17-11-3)20(7)8/h9-12H2,1-8H3,(H,17,18)(H,19,21). The highest BCUT2D eigenvalue weighted by atomic mass is 16.6. The first-order chi connectivity index (χ1) is 10.1. The summed E-state index contributed by atoms with van der Waals surface area (Å²) >= 11 is 0. The van der Waals surface area contributed by atoms with E-state index in [4.69, 9.17) is 4.74 Å². The maximum absolute atomic E-state index is 12.1. The molecule has 0 spiro atoms. The molecule has 0 rings (SSSR count). The van der Waals surface area contributed by atoms with Crippen molar-refractivity contribution in [3.05, 3.63) is 0 Å². The monoisotopic (exact) mass is 314 g/mol. The molecule has 0 atom stereocenters. The lowest BCUT2D eigenvalue weighted by Crippen LogP contribution is -2.52. The number of nitrogens with zero attached hydrogens (tertiary/aromatic N) is 2. The van der Waals surface area contributed by atoms with Gasteiger partial charge in [0.15, 0.2) is 5.96 Å². The van der Waals surface area contributed by atoms with E-state index in [9.17, 15) is 4.79 Å². The molecule has 0 saturated heterocycles. The molecule has 0 aromatic heterocycles. The number of hydrogen-bond acceptors (Lipinski definition) is 3. The Morgan fingerprint density at radius 2 is 1.68 bits per heavy atom. The van der Waals surface area contributed by atoms with Crippen molar-refractivity contribution in [2.24, 2.45) is 4.99 Å². The van der Waals surface area contributed by atoms with Gasteiger partial charge in [-0.3, -0.25) is 4.99 Å². The second-order valence-electron chi connectivity index (χ2n) is 6.68. The van der Waals surface area contributed by atoms with Crippen LogP contribution in [0.25, 0.3) is 0 Å². The van der Waals surface area contributed by atoms with Crippen LogP contribution in [0.2, 0.25) is 0 Å². The molecule has 0 heterocycles. The lowest BCUT2D eigenvalue weighted by atomic mass is 9.93. The van der Waals surface area contributed by atoms with Gasteiger partial charge in [0.2, 0.25) is 0 Å². The van der Waals surface area contributed by atoms with Gasteiger partial charge in [0.1, 0.15) is 5.60 Å². The summed E-state index contributed by atoms with van der Waals surface area (Å²) in [6, 6.07) is 0. The first-order valence-electron chi connectivity index (χ1n) is 8.06. The summed E-state index contributed by atoms with van der Waals surface area (Å²) in [7, 11) is 3.89. The molecule has 0 radical (unpaired) electrons. The molecule has 0 aliphatic carbocycles. The van der Waals surface area contributed by atoms with Crippen molar-refractivity contribution in [1.82, 2.24) is 15.5 Å². The quantitative estimate of drug-likeness (QED) is 0.584. The average Bonchev–Trinajstić information content (AvgIpc) is 2.39. The Balaban J connectivity index is 5.02. The van der Waals surface area contributed by atoms with Crippen LogP contribution in [0.3, 0.4) is 0 Å². The van der Waals surface area contributed by atoms with Crippen LogP contribution in [0.5, 0.6) is 0 Å². The predicted molar refractivity (Wildman–Crippen MR) is 92.3 cm³/mol. The summed E-state index contributed by atoms with van der Waals surface area (Å²) in [5.74, 6) is 0.819. The van der Waals surface area contributed by atoms with E-state index < -0.39 is 5.60 Å². The first-order valence-corrected chi connectivity index (χ1v) is 8.06. The minimum Gasteiger partial charge on any atom is -0.444 e. The van der Waals surface area contributed by atoms with Gasteiger partial charge in [-0.1, -0.05) is 13.8 Å². The van der Waals surface area contributed by atoms with Gasteiger partial charge in [0.05, 0.1) is 12.1 Å². The minimum atomic E-state index is -0.501. The molecule has 0 aromatic rings. The van der Waals surface area contributed by atoms with E-state index >= 15 is 0 Å². The van der Waals surface area contributed by atoms with E-state index in [2.05, 4.69) is 29.5 Å². The van der Waals surface area contributed by atoms with Crippen molar-refractivity contribution >= 4 is 12.1 Å². The number of hydrogen-bond donors (Lipinski definition) is 2. The summed E-state index contributed by atoms with van der Waals surface area (Å²) in [4.78, 5) is 18.7. The summed E-state index contributed by atoms with van der Waals surface area (Å²) in [6.45, 7) is 13.0. The Morgan fingerprint density at radius 3 is 2.05 bits per heavy atom. The minimum absolute atomic E-state index is 0.388. The molecule has 0 saturated carbocycles. The van der Waals surface area contributed by atoms with Crippen molar-refractivity contribution in [1.29, 1.82) is 0 Å². The zero-order valence-electron chi connectivity index (χ0n) is 15.5. The van der Waals surface area contributed by atoms with Gasteiger partial charge >= 0.3 is 6.09 Å². The van der Waals surface area contributed by atoms with Gasteiger partial charge in [0, 0.05) is 20.6 Å². The van der Waals surface area contributed by atoms with Crippen LogP contribution in [-0.4, -0.2) is 55.3 Å². The molecule has 0 bridgehead atoms. The highest BCUT2D eigenvalue weighted by Gasteiger charge is 2.30. The normalized spacial score (nSPS) is 12.8. The van der Waals surface area contributed by atoms with Gasteiger partial charge in [-0.25, -0.2) is 4.79 Å². The number of nitrogens with one attached hydrogen (secondary N) is 2. The molecule has 6 heteroatoms. The number of rotatable bonds is 6. The Kier molecular flexibility index (Phi) is 8.27. The average molecular weight is 314 g/mol. The second kappa shape index (κ2) is 8.86. The predicted octanol–water partition coefficient (Wildman–Crippen LogP) is 2.60. The van der Waals surface area contributed by atoms with E-state index in [0.29, 0.717) is 6.54 Å². The third-order valence-corrected chi connectivity index (χ3v) is 3.41. The molecule has 0 aromatic carbocycles. The summed E-state index contributed by atoms with van der Waals surface area (Å²) in [5, 5.41) is 6.23. The smallest absolute Gasteiger partial charge is 0.408 e. The number of carbonyl (C=O) groups excluding carboxylic acids is 1. The fraction of sp³-hybridized carbons (Fsp3) is 0.875. The molecule has 0 unspecified atom stereocenters. The third-order valence-electron chi connectivity index (χ3n) is 3.41. The molecule has 22 heavy (non-hydrogen) atoms. The Morgan fingerprint density at radius 1 is 1.14 bits per heavy atom. The van der Waals surface area contributed by atoms with E-state index in [1.54, 1.807) is 0 Å². The zero-order chi connectivity index (χ0) is 17.4. The van der Waals surface area contributed by atoms with Crippen LogP contribution in [-0.2, 0) is 4.74 Å². The van der Waals surface area contributed by atoms with Gasteiger partial charge in [0.25, 0.3) is 0 Å². The highest BCUT2D eigenvalue weighted by Crippen LogP contribution is 2.17. The maximum Gasteiger partial charge on any atom is 0.408 e. The number of alkyl carbamates (subject to hydrolysis) is 1. The van der Waals surface area contributed by atoms with E-state index in [1.165, 1.54) is 0 Å². The van der Waals surface area contributed by atoms with Crippen LogP contribution in [0.1, 0.15) is 54.4 Å². The molecule has 0 aliphatic rings. The molecule has 130 valence electrons. The van der Waals surface area contributed by atoms with Gasteiger partial charge in [-0.05, 0) is 40.5 Å². The number of ether oxygens (including phenoxy) is 1. The SMILES string of the molecule is CCNC(=NCC(CC)(CC)NC(=O)OC(C)(C)C)N(C)C. The molecule has 0 fully saturated rings. The number of carbonyl (C=O) groups is 1. The van der Waals surface area contributed by atoms with Crippen molar-refractivity contribution in [2.75, 3.05) is 27.2 Å². The van der Waals surface area contributed by atoms with Gasteiger partial charge in [-0.2, -0.15) is 0 Å². The van der Waals surface area contributed by atoms with Crippen molar-refractivity contribution in [3.63, 3.8) is 0 Å². The fourth-order valence-electron chi connectivity index (χ4n) is 1.95. The molecule has 2 N–H and O–H groups in total. The van der Waals surface area contributed by atoms with E-state index in [1.807, 2.05) is 46.7 Å². The molecular weight excluding hydrogens is 280 g/mol. The molecule has 1 amide bonds. The Bertz CT molecular complexity index is 369. The van der Waals surface area contributed by atoms with Crippen LogP contribution < -0.4 is 10.6 Å². The number of aliphatic imine (C=N–C) groups is 1. The number of amides is 1. The zero-order valence-corrected chi connectivity index (χ0v) is 15.5. The lowest BCUT2D eigenvalue weighted by Gasteiger charge is -2.33. The Labute approximate surface area is 135 Å². The van der Waals surface area contributed by atoms with Crippen molar-refractivity contribution in [2.45, 2.75) is 65.5 Å². The third kappa shape index (κ3) is 7.52. The summed E-state index contributed by atoms with van der Waals surface area (Å²) < 4.78 is 5.37. The molecular formula is C16H34N4O2. The van der Waals surface area contributed by atoms with Crippen LogP contribution in [0.4, 0.5) is 4.79 Å². The topological polar surface area (TPSA) is 66.0 Å². The van der Waals surface area contributed by atoms with Crippen LogP contribution >= 0.6 is 0 Å². The maximum atomic E-state index is 12.1. The number of guanidine groups is 1. The summed E-state index contributed by atoms with van der Waals surface area (Å²) in [5.41, 5.74) is -0.891. The van der Waals surface area contributed by atoms with Crippen LogP contribution in [0, 0.1) is 0 Å². The van der Waals surface area contributed by atoms with E-state index in [-0.39, 0.29) is 11.6 Å². The molecule has 0 aliphatic heterocycles. The van der Waals surface area contributed by atoms with E-state index in [0.717, 1.165) is 25.3 Å². The molecule has 6 nitrogen and oxygen atoms in total. The van der Waals surface area contributed by atoms with Gasteiger partial charge in [-0.15, -0.1) is 0 Å². The highest BCUT2D eigenvalue weighted by molar-refractivity contribution is 5.79.